The van der Waals surface area contributed by atoms with Crippen molar-refractivity contribution in [2.75, 3.05) is 0 Å². The van der Waals surface area contributed by atoms with Crippen LogP contribution in [0.1, 0.15) is 22.9 Å². The molecule has 0 radical (unpaired) electrons. The van der Waals surface area contributed by atoms with E-state index in [0.29, 0.717) is 12.8 Å². The first-order chi connectivity index (χ1) is 15.7. The summed E-state index contributed by atoms with van der Waals surface area (Å²) in [6, 6.07) is 31.2. The lowest BCUT2D eigenvalue weighted by atomic mass is 9.89. The molecule has 2 heterocycles. The lowest BCUT2D eigenvalue weighted by molar-refractivity contribution is -0.384. The van der Waals surface area contributed by atoms with E-state index in [9.17, 15) is 10.1 Å². The number of fused-ring (bicyclic) bond motifs is 2. The average Bonchev–Trinajstić information content (AvgIpc) is 2.83. The van der Waals surface area contributed by atoms with Crippen molar-refractivity contribution >= 4 is 27.5 Å². The highest BCUT2D eigenvalue weighted by molar-refractivity contribution is 5.79. The Morgan fingerprint density at radius 1 is 0.688 bits per heavy atom. The van der Waals surface area contributed by atoms with E-state index in [1.165, 1.54) is 6.07 Å². The Morgan fingerprint density at radius 3 is 1.81 bits per heavy atom. The minimum atomic E-state index is -0.344. The van der Waals surface area contributed by atoms with E-state index in [4.69, 9.17) is 9.97 Å². The first-order valence-electron chi connectivity index (χ1n) is 10.6. The van der Waals surface area contributed by atoms with Gasteiger partial charge in [-0.3, -0.25) is 20.1 Å². The fraction of sp³-hybridized carbons (Fsp3) is 0.111. The average molecular weight is 419 g/mol. The first-order valence-corrected chi connectivity index (χ1v) is 10.6. The fourth-order valence-corrected chi connectivity index (χ4v) is 4.15. The predicted octanol–water partition coefficient (Wildman–Crippen LogP) is 6.26. The Morgan fingerprint density at radius 2 is 1.25 bits per heavy atom. The van der Waals surface area contributed by atoms with Gasteiger partial charge >= 0.3 is 0 Å². The highest BCUT2D eigenvalue weighted by Crippen LogP contribution is 2.28. The molecule has 0 atom stereocenters. The summed E-state index contributed by atoms with van der Waals surface area (Å²) in [5.41, 5.74) is 4.84. The van der Waals surface area contributed by atoms with Gasteiger partial charge in [-0.15, -0.1) is 0 Å². The van der Waals surface area contributed by atoms with Crippen LogP contribution in [0, 0.1) is 10.1 Å². The summed E-state index contributed by atoms with van der Waals surface area (Å²) in [6.07, 6.45) is 1.33. The van der Waals surface area contributed by atoms with Gasteiger partial charge in [0.15, 0.2) is 0 Å². The highest BCUT2D eigenvalue weighted by atomic mass is 16.6. The van der Waals surface area contributed by atoms with Crippen LogP contribution in [0.2, 0.25) is 0 Å². The fourth-order valence-electron chi connectivity index (χ4n) is 4.15. The Labute approximate surface area is 185 Å². The zero-order valence-corrected chi connectivity index (χ0v) is 17.4. The molecule has 32 heavy (non-hydrogen) atoms. The van der Waals surface area contributed by atoms with Gasteiger partial charge < -0.3 is 0 Å². The molecule has 0 saturated carbocycles. The van der Waals surface area contributed by atoms with Gasteiger partial charge in [0.05, 0.1) is 16.0 Å². The van der Waals surface area contributed by atoms with E-state index in [0.717, 1.165) is 38.8 Å². The molecule has 156 valence electrons. The van der Waals surface area contributed by atoms with Crippen LogP contribution in [0.3, 0.4) is 0 Å². The quantitative estimate of drug-likeness (QED) is 0.241. The van der Waals surface area contributed by atoms with Crippen LogP contribution in [0.15, 0.2) is 97.1 Å². The maximum atomic E-state index is 11.4. The molecule has 3 aromatic carbocycles. The van der Waals surface area contributed by atoms with Crippen LogP contribution >= 0.6 is 0 Å². The van der Waals surface area contributed by atoms with Gasteiger partial charge in [0, 0.05) is 34.3 Å². The second kappa shape index (κ2) is 8.55. The number of rotatable bonds is 6. The van der Waals surface area contributed by atoms with Gasteiger partial charge in [-0.05, 0) is 48.6 Å². The van der Waals surface area contributed by atoms with Crippen molar-refractivity contribution in [1.82, 2.24) is 9.97 Å². The lowest BCUT2D eigenvalue weighted by Gasteiger charge is -2.17. The Hall–Kier alpha value is -4.12. The van der Waals surface area contributed by atoms with E-state index < -0.39 is 0 Å². The van der Waals surface area contributed by atoms with Crippen molar-refractivity contribution in [1.29, 1.82) is 0 Å². The van der Waals surface area contributed by atoms with Crippen molar-refractivity contribution in [2.24, 2.45) is 0 Å². The van der Waals surface area contributed by atoms with Gasteiger partial charge in [-0.25, -0.2) is 0 Å². The zero-order chi connectivity index (χ0) is 21.9. The zero-order valence-electron chi connectivity index (χ0n) is 17.4. The summed E-state index contributed by atoms with van der Waals surface area (Å²) in [6.45, 7) is 0. The van der Waals surface area contributed by atoms with Crippen LogP contribution < -0.4 is 0 Å². The summed E-state index contributed by atoms with van der Waals surface area (Å²) < 4.78 is 0. The van der Waals surface area contributed by atoms with E-state index in [1.54, 1.807) is 12.1 Å². The molecule has 5 rings (SSSR count). The SMILES string of the molecule is O=[N+]([O-])c1cccc(C(Cc2ccc3ccccc3n2)Cc2ccc3ccccc3n2)c1. The molecular weight excluding hydrogens is 398 g/mol. The van der Waals surface area contributed by atoms with Crippen molar-refractivity contribution < 1.29 is 4.92 Å². The molecule has 2 aromatic heterocycles. The molecule has 0 aliphatic heterocycles. The third-order valence-electron chi connectivity index (χ3n) is 5.78. The molecule has 0 N–H and O–H groups in total. The third kappa shape index (κ3) is 4.18. The van der Waals surface area contributed by atoms with Crippen LogP contribution in [-0.4, -0.2) is 14.9 Å². The van der Waals surface area contributed by atoms with Crippen LogP contribution in [0.5, 0.6) is 0 Å². The van der Waals surface area contributed by atoms with Crippen molar-refractivity contribution in [3.05, 3.63) is 124 Å². The van der Waals surface area contributed by atoms with E-state index in [-0.39, 0.29) is 16.5 Å². The highest BCUT2D eigenvalue weighted by Gasteiger charge is 2.18. The minimum absolute atomic E-state index is 0.0113. The number of para-hydroxylation sites is 2. The maximum absolute atomic E-state index is 11.4. The summed E-state index contributed by atoms with van der Waals surface area (Å²) in [5.74, 6) is 0.0113. The first kappa shape index (κ1) is 19.8. The number of nitrogens with zero attached hydrogens (tertiary/aromatic N) is 3. The molecule has 5 nitrogen and oxygen atoms in total. The standard InChI is InChI=1S/C27H21N3O2/c31-30(32)25-9-5-8-21(18-25)22(16-23-14-12-19-6-1-3-10-26(19)28-23)17-24-15-13-20-7-2-4-11-27(20)29-24/h1-15,18,22H,16-17H2. The molecule has 0 unspecified atom stereocenters. The number of nitro groups is 1. The number of hydrogen-bond donors (Lipinski definition) is 0. The monoisotopic (exact) mass is 419 g/mol. The number of hydrogen-bond acceptors (Lipinski definition) is 4. The summed E-state index contributed by atoms with van der Waals surface area (Å²) in [4.78, 5) is 20.7. The van der Waals surface area contributed by atoms with Crippen molar-refractivity contribution in [2.45, 2.75) is 18.8 Å². The molecule has 0 amide bonds. The molecule has 0 aliphatic rings. The molecule has 0 fully saturated rings. The molecule has 5 aromatic rings. The number of nitro benzene ring substituents is 1. The van der Waals surface area contributed by atoms with Crippen molar-refractivity contribution in [3.8, 4) is 0 Å². The van der Waals surface area contributed by atoms with Gasteiger partial charge in [0.2, 0.25) is 0 Å². The normalized spacial score (nSPS) is 11.3. The van der Waals surface area contributed by atoms with E-state index in [2.05, 4.69) is 12.1 Å². The molecule has 0 aliphatic carbocycles. The topological polar surface area (TPSA) is 68.9 Å². The number of pyridine rings is 2. The van der Waals surface area contributed by atoms with E-state index >= 15 is 0 Å². The molecule has 0 saturated heterocycles. The lowest BCUT2D eigenvalue weighted by Crippen LogP contribution is -2.09. The van der Waals surface area contributed by atoms with E-state index in [1.807, 2.05) is 66.7 Å². The second-order valence-corrected chi connectivity index (χ2v) is 7.95. The van der Waals surface area contributed by atoms with Gasteiger partial charge in [0.1, 0.15) is 0 Å². The van der Waals surface area contributed by atoms with Gasteiger partial charge in [-0.2, -0.15) is 0 Å². The maximum Gasteiger partial charge on any atom is 0.269 e. The minimum Gasteiger partial charge on any atom is -0.258 e. The summed E-state index contributed by atoms with van der Waals surface area (Å²) >= 11 is 0. The van der Waals surface area contributed by atoms with Gasteiger partial charge in [0.25, 0.3) is 5.69 Å². The Balaban J connectivity index is 1.52. The van der Waals surface area contributed by atoms with Crippen LogP contribution in [-0.2, 0) is 12.8 Å². The number of non-ortho nitro benzene ring substituents is 1. The Kier molecular flexibility index (Phi) is 5.30. The molecule has 0 bridgehead atoms. The predicted molar refractivity (Wildman–Crippen MR) is 127 cm³/mol. The molecular formula is C27H21N3O2. The second-order valence-electron chi connectivity index (χ2n) is 7.95. The third-order valence-corrected chi connectivity index (χ3v) is 5.78. The number of aromatic nitrogens is 2. The smallest absolute Gasteiger partial charge is 0.258 e. The van der Waals surface area contributed by atoms with Gasteiger partial charge in [-0.1, -0.05) is 60.7 Å². The van der Waals surface area contributed by atoms with Crippen LogP contribution in [0.25, 0.3) is 21.8 Å². The van der Waals surface area contributed by atoms with Crippen molar-refractivity contribution in [3.63, 3.8) is 0 Å². The summed E-state index contributed by atoms with van der Waals surface area (Å²) in [5, 5.41) is 13.6. The number of benzene rings is 3. The Bertz CT molecular complexity index is 1350. The van der Waals surface area contributed by atoms with Crippen LogP contribution in [0.4, 0.5) is 5.69 Å². The molecule has 0 spiro atoms. The molecule has 5 heteroatoms. The largest absolute Gasteiger partial charge is 0.269 e. The summed E-state index contributed by atoms with van der Waals surface area (Å²) in [7, 11) is 0.